The van der Waals surface area contributed by atoms with Gasteiger partial charge in [-0.05, 0) is 32.4 Å². The zero-order chi connectivity index (χ0) is 12.8. The first-order chi connectivity index (χ1) is 8.06. The average molecular weight is 243 g/mol. The molecule has 1 aromatic carbocycles. The number of hydrogen-bond donors (Lipinski definition) is 1. The standard InChI is InChI=1S/C13H19F2NO/c1-9(7-8-17-3)16-10(2)13-11(14)5-4-6-12(13)15/h4-6,9-10,16H,7-8H2,1-3H3. The molecule has 1 rings (SSSR count). The van der Waals surface area contributed by atoms with Crippen molar-refractivity contribution in [1.29, 1.82) is 0 Å². The van der Waals surface area contributed by atoms with Gasteiger partial charge < -0.3 is 10.1 Å². The third-order valence-corrected chi connectivity index (χ3v) is 2.72. The highest BCUT2D eigenvalue weighted by atomic mass is 19.1. The first-order valence-corrected chi connectivity index (χ1v) is 5.75. The molecule has 4 heteroatoms. The van der Waals surface area contributed by atoms with E-state index < -0.39 is 11.6 Å². The van der Waals surface area contributed by atoms with Gasteiger partial charge in [-0.1, -0.05) is 6.07 Å². The Kier molecular flexibility index (Phi) is 5.51. The Labute approximate surface area is 101 Å². The van der Waals surface area contributed by atoms with Gasteiger partial charge in [-0.3, -0.25) is 0 Å². The zero-order valence-electron chi connectivity index (χ0n) is 10.5. The second kappa shape index (κ2) is 6.67. The van der Waals surface area contributed by atoms with Crippen molar-refractivity contribution in [3.05, 3.63) is 35.4 Å². The van der Waals surface area contributed by atoms with E-state index in [2.05, 4.69) is 5.32 Å². The SMILES string of the molecule is COCCC(C)NC(C)c1c(F)cccc1F. The van der Waals surface area contributed by atoms with Gasteiger partial charge in [-0.2, -0.15) is 0 Å². The molecule has 2 nitrogen and oxygen atoms in total. The molecule has 2 atom stereocenters. The van der Waals surface area contributed by atoms with Crippen LogP contribution in [0.3, 0.4) is 0 Å². The molecule has 0 radical (unpaired) electrons. The van der Waals surface area contributed by atoms with E-state index in [0.29, 0.717) is 6.61 Å². The summed E-state index contributed by atoms with van der Waals surface area (Å²) in [6.07, 6.45) is 0.802. The van der Waals surface area contributed by atoms with Crippen molar-refractivity contribution >= 4 is 0 Å². The molecule has 0 aliphatic carbocycles. The monoisotopic (exact) mass is 243 g/mol. The minimum Gasteiger partial charge on any atom is -0.385 e. The molecule has 0 aromatic heterocycles. The lowest BCUT2D eigenvalue weighted by Gasteiger charge is -2.21. The van der Waals surface area contributed by atoms with Gasteiger partial charge >= 0.3 is 0 Å². The summed E-state index contributed by atoms with van der Waals surface area (Å²) < 4.78 is 32.0. The third-order valence-electron chi connectivity index (χ3n) is 2.72. The van der Waals surface area contributed by atoms with E-state index in [1.165, 1.54) is 18.2 Å². The fourth-order valence-electron chi connectivity index (χ4n) is 1.81. The van der Waals surface area contributed by atoms with Gasteiger partial charge in [0.1, 0.15) is 11.6 Å². The topological polar surface area (TPSA) is 21.3 Å². The minimum absolute atomic E-state index is 0.0942. The predicted octanol–water partition coefficient (Wildman–Crippen LogP) is 3.04. The van der Waals surface area contributed by atoms with Gasteiger partial charge in [0.25, 0.3) is 0 Å². The van der Waals surface area contributed by atoms with Crippen molar-refractivity contribution in [2.75, 3.05) is 13.7 Å². The van der Waals surface area contributed by atoms with Crippen LogP contribution in [0, 0.1) is 11.6 Å². The molecule has 0 spiro atoms. The number of rotatable bonds is 6. The number of halogens is 2. The van der Waals surface area contributed by atoms with Crippen LogP contribution in [0.25, 0.3) is 0 Å². The van der Waals surface area contributed by atoms with Crippen molar-refractivity contribution in [2.24, 2.45) is 0 Å². The zero-order valence-corrected chi connectivity index (χ0v) is 10.5. The highest BCUT2D eigenvalue weighted by Crippen LogP contribution is 2.20. The Morgan fingerprint density at radius 2 is 1.82 bits per heavy atom. The molecule has 1 N–H and O–H groups in total. The van der Waals surface area contributed by atoms with Crippen LogP contribution in [0.4, 0.5) is 8.78 Å². The first kappa shape index (κ1) is 14.1. The molecular formula is C13H19F2NO. The summed E-state index contributed by atoms with van der Waals surface area (Å²) in [5.41, 5.74) is 0.0942. The molecule has 0 aliphatic rings. The minimum atomic E-state index is -0.510. The maximum Gasteiger partial charge on any atom is 0.130 e. The summed E-state index contributed by atoms with van der Waals surface area (Å²) in [4.78, 5) is 0. The maximum atomic E-state index is 13.5. The second-order valence-electron chi connectivity index (χ2n) is 4.21. The summed E-state index contributed by atoms with van der Waals surface area (Å²) in [7, 11) is 1.63. The van der Waals surface area contributed by atoms with Crippen LogP contribution in [-0.2, 0) is 4.74 Å². The Morgan fingerprint density at radius 3 is 2.35 bits per heavy atom. The van der Waals surface area contributed by atoms with E-state index in [4.69, 9.17) is 4.74 Å². The Hall–Kier alpha value is -1.00. The Morgan fingerprint density at radius 1 is 1.24 bits per heavy atom. The van der Waals surface area contributed by atoms with Crippen LogP contribution in [0.15, 0.2) is 18.2 Å². The fourth-order valence-corrected chi connectivity index (χ4v) is 1.81. The molecule has 0 heterocycles. The lowest BCUT2D eigenvalue weighted by atomic mass is 10.1. The van der Waals surface area contributed by atoms with Gasteiger partial charge in [0.05, 0.1) is 0 Å². The van der Waals surface area contributed by atoms with Crippen molar-refractivity contribution in [2.45, 2.75) is 32.4 Å². The predicted molar refractivity (Wildman–Crippen MR) is 63.9 cm³/mol. The molecule has 1 aromatic rings. The van der Waals surface area contributed by atoms with Gasteiger partial charge in [-0.25, -0.2) is 8.78 Å². The van der Waals surface area contributed by atoms with Gasteiger partial charge in [0.15, 0.2) is 0 Å². The van der Waals surface area contributed by atoms with Crippen LogP contribution in [0.5, 0.6) is 0 Å². The van der Waals surface area contributed by atoms with Gasteiger partial charge in [0.2, 0.25) is 0 Å². The van der Waals surface area contributed by atoms with Crippen molar-refractivity contribution < 1.29 is 13.5 Å². The van der Waals surface area contributed by atoms with Crippen LogP contribution in [-0.4, -0.2) is 19.8 Å². The summed E-state index contributed by atoms with van der Waals surface area (Å²) in [6, 6.07) is 3.70. The molecule has 0 amide bonds. The van der Waals surface area contributed by atoms with E-state index in [1.54, 1.807) is 14.0 Å². The number of methoxy groups -OCH3 is 1. The Bertz CT molecular complexity index is 337. The lowest BCUT2D eigenvalue weighted by molar-refractivity contribution is 0.183. The first-order valence-electron chi connectivity index (χ1n) is 5.75. The summed E-state index contributed by atoms with van der Waals surface area (Å²) in [5, 5.41) is 3.15. The van der Waals surface area contributed by atoms with E-state index in [9.17, 15) is 8.78 Å². The van der Waals surface area contributed by atoms with Gasteiger partial charge in [0, 0.05) is 31.4 Å². The molecule has 17 heavy (non-hydrogen) atoms. The average Bonchev–Trinajstić information content (AvgIpc) is 2.26. The quantitative estimate of drug-likeness (QED) is 0.829. The van der Waals surface area contributed by atoms with Crippen molar-refractivity contribution in [1.82, 2.24) is 5.32 Å². The number of ether oxygens (including phenoxy) is 1. The van der Waals surface area contributed by atoms with Crippen LogP contribution in [0.1, 0.15) is 31.9 Å². The highest BCUT2D eigenvalue weighted by Gasteiger charge is 2.17. The van der Waals surface area contributed by atoms with Crippen LogP contribution in [0.2, 0.25) is 0 Å². The molecule has 96 valence electrons. The molecule has 2 unspecified atom stereocenters. The summed E-state index contributed by atoms with van der Waals surface area (Å²) in [5.74, 6) is -1.02. The normalized spacial score (nSPS) is 14.6. The van der Waals surface area contributed by atoms with E-state index in [1.807, 2.05) is 6.92 Å². The lowest BCUT2D eigenvalue weighted by Crippen LogP contribution is -2.30. The van der Waals surface area contributed by atoms with Crippen molar-refractivity contribution in [3.8, 4) is 0 Å². The second-order valence-corrected chi connectivity index (χ2v) is 4.21. The van der Waals surface area contributed by atoms with Gasteiger partial charge in [-0.15, -0.1) is 0 Å². The number of nitrogens with one attached hydrogen (secondary N) is 1. The van der Waals surface area contributed by atoms with E-state index >= 15 is 0 Å². The Balaban J connectivity index is 2.66. The van der Waals surface area contributed by atoms with Crippen LogP contribution < -0.4 is 5.32 Å². The summed E-state index contributed by atoms with van der Waals surface area (Å²) in [6.45, 7) is 4.35. The number of benzene rings is 1. The molecule has 0 saturated carbocycles. The highest BCUT2D eigenvalue weighted by molar-refractivity contribution is 5.22. The third kappa shape index (κ3) is 4.06. The van der Waals surface area contributed by atoms with Crippen LogP contribution >= 0.6 is 0 Å². The maximum absolute atomic E-state index is 13.5. The fraction of sp³-hybridized carbons (Fsp3) is 0.538. The molecule has 0 aliphatic heterocycles. The van der Waals surface area contributed by atoms with E-state index in [-0.39, 0.29) is 17.6 Å². The smallest absolute Gasteiger partial charge is 0.130 e. The summed E-state index contributed by atoms with van der Waals surface area (Å²) >= 11 is 0. The van der Waals surface area contributed by atoms with E-state index in [0.717, 1.165) is 6.42 Å². The van der Waals surface area contributed by atoms with Crippen molar-refractivity contribution in [3.63, 3.8) is 0 Å². The molecule has 0 fully saturated rings. The number of hydrogen-bond acceptors (Lipinski definition) is 2. The largest absolute Gasteiger partial charge is 0.385 e. The molecular weight excluding hydrogens is 224 g/mol. The molecule has 0 saturated heterocycles. The molecule has 0 bridgehead atoms.